The van der Waals surface area contributed by atoms with Crippen LogP contribution in [0.3, 0.4) is 0 Å². The number of hydrogen-bond acceptors (Lipinski definition) is 4. The Bertz CT molecular complexity index is 2950. The quantitative estimate of drug-likeness (QED) is 0.0239. The molecule has 0 bridgehead atoms. The van der Waals surface area contributed by atoms with Crippen molar-refractivity contribution in [2.75, 3.05) is 26.4 Å². The molecule has 0 radical (unpaired) electrons. The fourth-order valence-electron chi connectivity index (χ4n) is 10.6. The van der Waals surface area contributed by atoms with E-state index in [4.69, 9.17) is 18.9 Å². The van der Waals surface area contributed by atoms with Gasteiger partial charge in [-0.1, -0.05) is 265 Å². The van der Waals surface area contributed by atoms with Gasteiger partial charge in [0.05, 0.1) is 26.4 Å². The first kappa shape index (κ1) is 62.5. The molecule has 430 valence electrons. The van der Waals surface area contributed by atoms with Crippen LogP contribution in [-0.4, -0.2) is 26.4 Å². The van der Waals surface area contributed by atoms with Crippen LogP contribution in [0.1, 0.15) is 203 Å². The molecule has 4 heteroatoms. The molecule has 0 N–H and O–H groups in total. The predicted molar refractivity (Wildman–Crippen MR) is 352 cm³/mol. The molecule has 0 amide bonds. The normalized spacial score (nSPS) is 12.9. The van der Waals surface area contributed by atoms with Crippen molar-refractivity contribution in [3.8, 4) is 46.7 Å². The van der Waals surface area contributed by atoms with Gasteiger partial charge >= 0.3 is 0 Å². The lowest BCUT2D eigenvalue weighted by molar-refractivity contribution is 0.199. The van der Waals surface area contributed by atoms with Gasteiger partial charge in [-0.05, 0) is 142 Å². The summed E-state index contributed by atoms with van der Waals surface area (Å²) in [5, 5.41) is 4.38. The molecule has 7 aromatic rings. The largest absolute Gasteiger partial charge is 0.489 e. The van der Waals surface area contributed by atoms with Crippen molar-refractivity contribution < 1.29 is 18.9 Å². The maximum atomic E-state index is 6.57. The zero-order chi connectivity index (χ0) is 57.7. The summed E-state index contributed by atoms with van der Waals surface area (Å²) in [5.41, 5.74) is 8.31. The smallest absolute Gasteiger partial charge is 0.161 e. The maximum absolute atomic E-state index is 6.57. The second-order valence-corrected chi connectivity index (χ2v) is 22.6. The lowest BCUT2D eigenvalue weighted by Gasteiger charge is -2.20. The van der Waals surface area contributed by atoms with Gasteiger partial charge < -0.3 is 18.9 Å². The molecule has 0 fully saturated rings. The Morgan fingerprint density at radius 2 is 0.598 bits per heavy atom. The van der Waals surface area contributed by atoms with Crippen molar-refractivity contribution in [1.82, 2.24) is 0 Å². The van der Waals surface area contributed by atoms with E-state index in [-0.39, 0.29) is 0 Å². The van der Waals surface area contributed by atoms with Crippen LogP contribution in [0, 0.1) is 47.4 Å². The van der Waals surface area contributed by atoms with Crippen LogP contribution < -0.4 is 18.9 Å². The zero-order valence-electron chi connectivity index (χ0n) is 51.1. The summed E-state index contributed by atoms with van der Waals surface area (Å²) < 4.78 is 26.1. The molecule has 7 rings (SSSR count). The van der Waals surface area contributed by atoms with E-state index in [1.54, 1.807) is 0 Å². The Kier molecular flexibility index (Phi) is 26.2. The van der Waals surface area contributed by atoms with Crippen molar-refractivity contribution in [2.45, 2.75) is 158 Å². The zero-order valence-corrected chi connectivity index (χ0v) is 51.1. The first-order valence-corrected chi connectivity index (χ1v) is 31.6. The van der Waals surface area contributed by atoms with Crippen LogP contribution in [0.5, 0.6) is 23.0 Å². The topological polar surface area (TPSA) is 36.9 Å². The van der Waals surface area contributed by atoms with Crippen molar-refractivity contribution in [2.24, 2.45) is 23.7 Å². The van der Waals surface area contributed by atoms with E-state index in [1.165, 1.54) is 77.0 Å². The van der Waals surface area contributed by atoms with Crippen molar-refractivity contribution in [3.05, 3.63) is 178 Å². The lowest BCUT2D eigenvalue weighted by atomic mass is 9.92. The molecule has 0 spiro atoms. The first-order valence-electron chi connectivity index (χ1n) is 31.6. The summed E-state index contributed by atoms with van der Waals surface area (Å²) >= 11 is 0. The Balaban J connectivity index is 1.06. The second kappa shape index (κ2) is 34.3. The molecule has 82 heavy (non-hydrogen) atoms. The Morgan fingerprint density at radius 3 is 0.890 bits per heavy atom. The molecule has 4 nitrogen and oxygen atoms in total. The Hall–Kier alpha value is -7.14. The molecular weight excluding hydrogens is 1000 g/mol. The van der Waals surface area contributed by atoms with Crippen molar-refractivity contribution in [3.63, 3.8) is 0 Å². The van der Waals surface area contributed by atoms with Crippen LogP contribution in [0.15, 0.2) is 133 Å². The molecule has 0 aromatic heterocycles. The molecule has 4 atom stereocenters. The van der Waals surface area contributed by atoms with E-state index in [2.05, 4.69) is 237 Å². The fraction of sp³-hybridized carbons (Fsp3) is 0.410. The van der Waals surface area contributed by atoms with Gasteiger partial charge in [-0.2, -0.15) is 0 Å². The average Bonchev–Trinajstić information content (AvgIpc) is 2.92. The number of benzene rings is 7. The van der Waals surface area contributed by atoms with E-state index >= 15 is 0 Å². The molecule has 0 saturated heterocycles. The Labute approximate surface area is 495 Å². The van der Waals surface area contributed by atoms with E-state index < -0.39 is 0 Å². The monoisotopic (exact) mass is 1090 g/mol. The van der Waals surface area contributed by atoms with Gasteiger partial charge in [0, 0.05) is 22.3 Å². The number of hydrogen-bond donors (Lipinski definition) is 0. The highest BCUT2D eigenvalue weighted by atomic mass is 16.5. The van der Waals surface area contributed by atoms with Gasteiger partial charge in [0.2, 0.25) is 0 Å². The van der Waals surface area contributed by atoms with Crippen molar-refractivity contribution in [1.29, 1.82) is 0 Å². The van der Waals surface area contributed by atoms with E-state index in [1.807, 2.05) is 0 Å². The van der Waals surface area contributed by atoms with Gasteiger partial charge in [0.15, 0.2) is 23.0 Å². The van der Waals surface area contributed by atoms with Crippen LogP contribution in [-0.2, 0) is 0 Å². The van der Waals surface area contributed by atoms with Crippen LogP contribution >= 0.6 is 0 Å². The molecule has 0 aliphatic heterocycles. The molecule has 0 aliphatic carbocycles. The minimum Gasteiger partial charge on any atom is -0.489 e. The molecule has 0 aliphatic rings. The minimum absolute atomic E-state index is 0.535. The van der Waals surface area contributed by atoms with E-state index in [0.717, 1.165) is 128 Å². The molecule has 7 aromatic carbocycles. The van der Waals surface area contributed by atoms with Gasteiger partial charge in [-0.15, -0.1) is 0 Å². The highest BCUT2D eigenvalue weighted by Crippen LogP contribution is 2.35. The van der Waals surface area contributed by atoms with Crippen LogP contribution in [0.2, 0.25) is 0 Å². The molecule has 0 heterocycles. The summed E-state index contributed by atoms with van der Waals surface area (Å²) in [6.07, 6.45) is 27.6. The number of fused-ring (bicyclic) bond motifs is 2. The summed E-state index contributed by atoms with van der Waals surface area (Å²) in [7, 11) is 0. The Morgan fingerprint density at radius 1 is 0.317 bits per heavy atom. The van der Waals surface area contributed by atoms with E-state index in [0.29, 0.717) is 36.9 Å². The third-order valence-electron chi connectivity index (χ3n) is 16.4. The highest BCUT2D eigenvalue weighted by molar-refractivity contribution is 6.09. The summed E-state index contributed by atoms with van der Waals surface area (Å²) in [5.74, 6) is 19.8. The summed E-state index contributed by atoms with van der Waals surface area (Å²) in [6.45, 7) is 21.0. The third kappa shape index (κ3) is 19.0. The molecule has 4 unspecified atom stereocenters. The molecular formula is C78H94O4. The summed E-state index contributed by atoms with van der Waals surface area (Å²) in [6, 6.07) is 46.8. The predicted octanol–water partition coefficient (Wildman–Crippen LogP) is 21.5. The van der Waals surface area contributed by atoms with Gasteiger partial charge in [0.25, 0.3) is 0 Å². The standard InChI is InChI=1S/C78H94O4/c1-9-17-25-59(13-5)55-79-75-51-47-67(53-77(75)81-57-61(15-7)27-19-11-3)43-41-63-33-37-65(38-34-63)45-49-73-69-29-21-23-31-71(69)74(72-32-24-22-30-70(72)73)50-46-66-39-35-64(36-40-66)42-44-68-48-52-76(80-56-60(14-6)26-18-10-2)78(54-68)82-58-62(16-8)28-20-12-4/h21-24,29-44,47-48,51-54,59-62H,9-20,25-28,55-58H2,1-8H3/b43-41+,44-42+. The average molecular weight is 1100 g/mol. The van der Waals surface area contributed by atoms with Gasteiger partial charge in [-0.3, -0.25) is 0 Å². The SMILES string of the molecule is CCCCC(CC)COc1ccc(/C=C/c2ccc(C#Cc3c4ccccc4c(C#Cc4ccc(/C=C/c5ccc(OCC(CC)CCCC)c(OCC(CC)CCCC)c5)cc4)c4ccccc34)cc2)cc1OCC(CC)CCCC. The maximum Gasteiger partial charge on any atom is 0.161 e. The summed E-state index contributed by atoms with van der Waals surface area (Å²) in [4.78, 5) is 0. The minimum atomic E-state index is 0.535. The molecule has 0 saturated carbocycles. The second-order valence-electron chi connectivity index (χ2n) is 22.6. The number of rotatable bonds is 32. The van der Waals surface area contributed by atoms with Crippen LogP contribution in [0.25, 0.3) is 45.8 Å². The van der Waals surface area contributed by atoms with Crippen LogP contribution in [0.4, 0.5) is 0 Å². The number of ether oxygens (including phenoxy) is 4. The first-order chi connectivity index (χ1) is 40.3. The lowest BCUT2D eigenvalue weighted by Crippen LogP contribution is -2.14. The third-order valence-corrected chi connectivity index (χ3v) is 16.4. The van der Waals surface area contributed by atoms with E-state index in [9.17, 15) is 0 Å². The highest BCUT2D eigenvalue weighted by Gasteiger charge is 2.17. The fourth-order valence-corrected chi connectivity index (χ4v) is 10.6. The number of unbranched alkanes of at least 4 members (excludes halogenated alkanes) is 4. The van der Waals surface area contributed by atoms with Crippen molar-refractivity contribution >= 4 is 45.8 Å². The van der Waals surface area contributed by atoms with Gasteiger partial charge in [-0.25, -0.2) is 0 Å². The van der Waals surface area contributed by atoms with Gasteiger partial charge in [0.1, 0.15) is 0 Å².